The summed E-state index contributed by atoms with van der Waals surface area (Å²) in [5.41, 5.74) is 3.08. The van der Waals surface area contributed by atoms with E-state index in [9.17, 15) is 9.59 Å². The standard InChI is InChI=1S/C25H26N4O3/c30-24(27-13-15-28(16-14-27)25(31)23-12-7-17-32-23)22-18-21(19-8-3-1-4-9-19)26-29(22)20-10-5-2-6-11-20/h1-6,8-11,18,23H,7,12-17H2/t23-/m1/s1. The Morgan fingerprint density at radius 3 is 2.19 bits per heavy atom. The number of hydrogen-bond acceptors (Lipinski definition) is 4. The number of nitrogens with zero attached hydrogens (tertiary/aromatic N) is 4. The Morgan fingerprint density at radius 1 is 0.875 bits per heavy atom. The van der Waals surface area contributed by atoms with Crippen molar-refractivity contribution in [2.75, 3.05) is 32.8 Å². The van der Waals surface area contributed by atoms with E-state index in [-0.39, 0.29) is 17.9 Å². The first-order valence-electron chi connectivity index (χ1n) is 11.1. The van der Waals surface area contributed by atoms with E-state index in [4.69, 9.17) is 9.84 Å². The molecule has 32 heavy (non-hydrogen) atoms. The molecule has 0 N–H and O–H groups in total. The van der Waals surface area contributed by atoms with Crippen LogP contribution in [0.15, 0.2) is 66.7 Å². The van der Waals surface area contributed by atoms with Crippen LogP contribution < -0.4 is 0 Å². The van der Waals surface area contributed by atoms with Crippen LogP contribution in [0.1, 0.15) is 23.3 Å². The smallest absolute Gasteiger partial charge is 0.272 e. The van der Waals surface area contributed by atoms with Crippen molar-refractivity contribution in [1.82, 2.24) is 19.6 Å². The second kappa shape index (κ2) is 8.96. The van der Waals surface area contributed by atoms with Crippen molar-refractivity contribution in [3.63, 3.8) is 0 Å². The molecule has 0 unspecified atom stereocenters. The van der Waals surface area contributed by atoms with E-state index in [1.807, 2.05) is 76.5 Å². The number of carbonyl (C=O) groups is 2. The largest absolute Gasteiger partial charge is 0.368 e. The minimum Gasteiger partial charge on any atom is -0.368 e. The maximum atomic E-state index is 13.5. The van der Waals surface area contributed by atoms with Gasteiger partial charge in [0, 0.05) is 38.3 Å². The summed E-state index contributed by atoms with van der Waals surface area (Å²) in [5.74, 6) is -0.0250. The second-order valence-electron chi connectivity index (χ2n) is 8.15. The number of hydrogen-bond donors (Lipinski definition) is 0. The minimum atomic E-state index is -0.315. The van der Waals surface area contributed by atoms with Gasteiger partial charge in [-0.05, 0) is 31.0 Å². The molecule has 0 spiro atoms. The van der Waals surface area contributed by atoms with Gasteiger partial charge >= 0.3 is 0 Å². The summed E-state index contributed by atoms with van der Waals surface area (Å²) in [4.78, 5) is 29.8. The Bertz CT molecular complexity index is 1080. The summed E-state index contributed by atoms with van der Waals surface area (Å²) in [6.45, 7) is 2.70. The average molecular weight is 431 g/mol. The molecule has 0 radical (unpaired) electrons. The first kappa shape index (κ1) is 20.5. The first-order chi connectivity index (χ1) is 15.7. The molecule has 2 saturated heterocycles. The molecule has 0 aliphatic carbocycles. The lowest BCUT2D eigenvalue weighted by molar-refractivity contribution is -0.142. The van der Waals surface area contributed by atoms with E-state index >= 15 is 0 Å². The van der Waals surface area contributed by atoms with Gasteiger partial charge in [0.2, 0.25) is 0 Å². The Kier molecular flexibility index (Phi) is 5.73. The van der Waals surface area contributed by atoms with Crippen LogP contribution in [-0.2, 0) is 9.53 Å². The van der Waals surface area contributed by atoms with Crippen molar-refractivity contribution in [2.24, 2.45) is 0 Å². The van der Waals surface area contributed by atoms with Gasteiger partial charge in [0.05, 0.1) is 11.4 Å². The van der Waals surface area contributed by atoms with Crippen LogP contribution >= 0.6 is 0 Å². The molecular weight excluding hydrogens is 404 g/mol. The Morgan fingerprint density at radius 2 is 1.53 bits per heavy atom. The summed E-state index contributed by atoms with van der Waals surface area (Å²) in [6.07, 6.45) is 1.41. The highest BCUT2D eigenvalue weighted by molar-refractivity contribution is 5.94. The number of aromatic nitrogens is 2. The fourth-order valence-electron chi connectivity index (χ4n) is 4.32. The molecule has 7 nitrogen and oxygen atoms in total. The zero-order chi connectivity index (χ0) is 21.9. The molecule has 3 aromatic rings. The Balaban J connectivity index is 1.37. The molecule has 5 rings (SSSR count). The fourth-order valence-corrected chi connectivity index (χ4v) is 4.32. The maximum Gasteiger partial charge on any atom is 0.272 e. The summed E-state index contributed by atoms with van der Waals surface area (Å²) >= 11 is 0. The molecular formula is C25H26N4O3. The molecule has 1 atom stereocenters. The monoisotopic (exact) mass is 430 g/mol. The van der Waals surface area contributed by atoms with Crippen molar-refractivity contribution in [3.05, 3.63) is 72.4 Å². The summed E-state index contributed by atoms with van der Waals surface area (Å²) < 4.78 is 7.25. The Hall–Kier alpha value is -3.45. The molecule has 2 aromatic carbocycles. The molecule has 164 valence electrons. The van der Waals surface area contributed by atoms with E-state index < -0.39 is 0 Å². The Labute approximate surface area is 187 Å². The third-order valence-electron chi connectivity index (χ3n) is 6.08. The van der Waals surface area contributed by atoms with Gasteiger partial charge in [0.1, 0.15) is 11.8 Å². The van der Waals surface area contributed by atoms with E-state index in [0.29, 0.717) is 38.5 Å². The van der Waals surface area contributed by atoms with E-state index in [0.717, 1.165) is 29.8 Å². The quantitative estimate of drug-likeness (QED) is 0.638. The molecule has 2 aliphatic heterocycles. The van der Waals surface area contributed by atoms with Crippen LogP contribution in [0, 0.1) is 0 Å². The number of ether oxygens (including phenoxy) is 1. The van der Waals surface area contributed by atoms with Crippen molar-refractivity contribution >= 4 is 11.8 Å². The number of amides is 2. The van der Waals surface area contributed by atoms with Gasteiger partial charge in [-0.3, -0.25) is 9.59 Å². The number of rotatable bonds is 4. The second-order valence-corrected chi connectivity index (χ2v) is 8.15. The zero-order valence-electron chi connectivity index (χ0n) is 17.9. The van der Waals surface area contributed by atoms with Crippen molar-refractivity contribution < 1.29 is 14.3 Å². The highest BCUT2D eigenvalue weighted by Gasteiger charge is 2.32. The van der Waals surface area contributed by atoms with Crippen LogP contribution in [0.25, 0.3) is 16.9 Å². The fraction of sp³-hybridized carbons (Fsp3) is 0.320. The van der Waals surface area contributed by atoms with E-state index in [1.54, 1.807) is 4.68 Å². The maximum absolute atomic E-state index is 13.5. The van der Waals surface area contributed by atoms with Crippen LogP contribution in [0.2, 0.25) is 0 Å². The third kappa shape index (κ3) is 4.03. The van der Waals surface area contributed by atoms with Crippen molar-refractivity contribution in [2.45, 2.75) is 18.9 Å². The molecule has 2 amide bonds. The van der Waals surface area contributed by atoms with Crippen LogP contribution in [-0.4, -0.2) is 70.3 Å². The number of benzene rings is 2. The lowest BCUT2D eigenvalue weighted by Gasteiger charge is -2.35. The number of piperazine rings is 1. The molecule has 7 heteroatoms. The highest BCUT2D eigenvalue weighted by Crippen LogP contribution is 2.23. The van der Waals surface area contributed by atoms with Gasteiger partial charge in [0.25, 0.3) is 11.8 Å². The number of carbonyl (C=O) groups excluding carboxylic acids is 2. The number of para-hydroxylation sites is 1. The SMILES string of the molecule is O=C(c1cc(-c2ccccc2)nn1-c1ccccc1)N1CCN(C(=O)[C@H]2CCCO2)CC1. The van der Waals surface area contributed by atoms with Gasteiger partial charge in [-0.2, -0.15) is 5.10 Å². The van der Waals surface area contributed by atoms with Gasteiger partial charge in [-0.15, -0.1) is 0 Å². The van der Waals surface area contributed by atoms with E-state index in [1.165, 1.54) is 0 Å². The zero-order valence-corrected chi connectivity index (χ0v) is 17.9. The summed E-state index contributed by atoms with van der Waals surface area (Å²) in [5, 5.41) is 4.75. The lowest BCUT2D eigenvalue weighted by Crippen LogP contribution is -2.53. The van der Waals surface area contributed by atoms with Gasteiger partial charge in [-0.25, -0.2) is 4.68 Å². The lowest BCUT2D eigenvalue weighted by atomic mass is 10.1. The van der Waals surface area contributed by atoms with Crippen molar-refractivity contribution in [1.29, 1.82) is 0 Å². The molecule has 3 heterocycles. The van der Waals surface area contributed by atoms with Crippen molar-refractivity contribution in [3.8, 4) is 16.9 Å². The molecule has 1 aromatic heterocycles. The third-order valence-corrected chi connectivity index (χ3v) is 6.08. The van der Waals surface area contributed by atoms with Crippen LogP contribution in [0.5, 0.6) is 0 Å². The predicted octanol–water partition coefficient (Wildman–Crippen LogP) is 3.00. The normalized spacial score (nSPS) is 18.7. The van der Waals surface area contributed by atoms with E-state index in [2.05, 4.69) is 0 Å². The highest BCUT2D eigenvalue weighted by atomic mass is 16.5. The van der Waals surface area contributed by atoms with Crippen LogP contribution in [0.4, 0.5) is 0 Å². The summed E-state index contributed by atoms with van der Waals surface area (Å²) in [7, 11) is 0. The molecule has 0 bridgehead atoms. The molecule has 2 aliphatic rings. The molecule has 0 saturated carbocycles. The minimum absolute atomic E-state index is 0.0512. The predicted molar refractivity (Wildman–Crippen MR) is 120 cm³/mol. The van der Waals surface area contributed by atoms with Gasteiger partial charge < -0.3 is 14.5 Å². The topological polar surface area (TPSA) is 67.7 Å². The van der Waals surface area contributed by atoms with Crippen LogP contribution in [0.3, 0.4) is 0 Å². The first-order valence-corrected chi connectivity index (χ1v) is 11.1. The average Bonchev–Trinajstić information content (AvgIpc) is 3.55. The summed E-state index contributed by atoms with van der Waals surface area (Å²) in [6, 6.07) is 21.4. The van der Waals surface area contributed by atoms with Gasteiger partial charge in [-0.1, -0.05) is 48.5 Å². The van der Waals surface area contributed by atoms with Gasteiger partial charge in [0.15, 0.2) is 0 Å². The molecule has 2 fully saturated rings.